The summed E-state index contributed by atoms with van der Waals surface area (Å²) in [6.45, 7) is 4.52. The molecule has 45 heavy (non-hydrogen) atoms. The van der Waals surface area contributed by atoms with Crippen molar-refractivity contribution < 1.29 is 0 Å². The van der Waals surface area contributed by atoms with E-state index in [0.717, 1.165) is 51.3 Å². The molecule has 1 aliphatic carbocycles. The number of thiophene rings is 1. The summed E-state index contributed by atoms with van der Waals surface area (Å²) in [5.41, 5.74) is 10.5. The second-order valence-electron chi connectivity index (χ2n) is 11.1. The second kappa shape index (κ2) is 11.5. The smallest absolute Gasteiger partial charge is 0.160 e. The molecule has 214 valence electrons. The fourth-order valence-corrected chi connectivity index (χ4v) is 7.31. The van der Waals surface area contributed by atoms with Gasteiger partial charge in [-0.2, -0.15) is 0 Å². The lowest BCUT2D eigenvalue weighted by Crippen LogP contribution is -1.97. The van der Waals surface area contributed by atoms with Crippen molar-refractivity contribution in [3.63, 3.8) is 0 Å². The Balaban J connectivity index is 1.40. The zero-order valence-electron chi connectivity index (χ0n) is 24.6. The molecule has 1 aliphatic rings. The summed E-state index contributed by atoms with van der Waals surface area (Å²) in [6, 6.07) is 40.0. The van der Waals surface area contributed by atoms with Crippen molar-refractivity contribution >= 4 is 44.1 Å². The summed E-state index contributed by atoms with van der Waals surface area (Å²) in [5, 5.41) is 1.18. The molecule has 0 fully saturated rings. The highest BCUT2D eigenvalue weighted by molar-refractivity contribution is 7.21. The van der Waals surface area contributed by atoms with Crippen molar-refractivity contribution in [1.29, 1.82) is 0 Å². The first kappa shape index (κ1) is 27.0. The van der Waals surface area contributed by atoms with Crippen LogP contribution in [-0.4, -0.2) is 14.5 Å². The second-order valence-corrected chi connectivity index (χ2v) is 12.1. The molecule has 7 aromatic rings. The van der Waals surface area contributed by atoms with Crippen LogP contribution in [0, 0.1) is 0 Å². The lowest BCUT2D eigenvalue weighted by molar-refractivity contribution is 1.17. The molecular weight excluding hydrogens is 567 g/mol. The first-order chi connectivity index (χ1) is 22.2. The molecule has 3 heterocycles. The lowest BCUT2D eigenvalue weighted by Gasteiger charge is -2.11. The average Bonchev–Trinajstić information content (AvgIpc) is 3.62. The molecule has 0 saturated heterocycles. The summed E-state index contributed by atoms with van der Waals surface area (Å²) in [5.74, 6) is 0.707. The zero-order valence-corrected chi connectivity index (χ0v) is 25.4. The molecule has 4 aromatic carbocycles. The number of hydrogen-bond acceptors (Lipinski definition) is 3. The molecule has 0 aliphatic heterocycles. The molecular formula is C41H29N3S. The topological polar surface area (TPSA) is 30.7 Å². The summed E-state index contributed by atoms with van der Waals surface area (Å²) < 4.78 is 3.61. The molecule has 3 aromatic heterocycles. The quantitative estimate of drug-likeness (QED) is 0.203. The Bertz CT molecular complexity index is 2230. The molecule has 0 atom stereocenters. The first-order valence-corrected chi connectivity index (χ1v) is 15.9. The minimum absolute atomic E-state index is 0.707. The number of fused-ring (bicyclic) bond motifs is 5. The number of hydrogen-bond donors (Lipinski definition) is 0. The first-order valence-electron chi connectivity index (χ1n) is 15.1. The Labute approximate surface area is 266 Å². The van der Waals surface area contributed by atoms with E-state index < -0.39 is 0 Å². The molecule has 4 heteroatoms. The number of aromatic nitrogens is 3. The normalized spacial score (nSPS) is 15.2. The van der Waals surface area contributed by atoms with Crippen LogP contribution in [0.3, 0.4) is 0 Å². The molecule has 0 unspecified atom stereocenters. The van der Waals surface area contributed by atoms with E-state index in [9.17, 15) is 0 Å². The maximum absolute atomic E-state index is 5.12. The van der Waals surface area contributed by atoms with Gasteiger partial charge in [-0.05, 0) is 54.5 Å². The third-order valence-corrected chi connectivity index (χ3v) is 9.34. The number of allylic oxidation sites excluding steroid dienone is 6. The van der Waals surface area contributed by atoms with Crippen molar-refractivity contribution in [3.05, 3.63) is 163 Å². The fraction of sp³-hybridized carbons (Fsp3) is 0.0244. The molecule has 3 nitrogen and oxygen atoms in total. The maximum atomic E-state index is 5.12. The monoisotopic (exact) mass is 595 g/mol. The lowest BCUT2D eigenvalue weighted by atomic mass is 10.0. The molecule has 0 saturated carbocycles. The predicted octanol–water partition coefficient (Wildman–Crippen LogP) is 11.2. The Morgan fingerprint density at radius 2 is 1.31 bits per heavy atom. The van der Waals surface area contributed by atoms with Gasteiger partial charge in [0, 0.05) is 38.2 Å². The standard InChI is InChI=1S/C41H29N3S/c1-28-16-8-3-2-4-15-23-37-38(28)39-40(45-37)33-26-31(24-25-36(33)44(39)32-21-13-7-14-22-32)41-42-34(29-17-9-5-10-18-29)27-35(43-41)30-19-11-6-12-20-30/h2-3,5-27H,1,4H2/b3-2-,16-8-,23-15-. The van der Waals surface area contributed by atoms with Gasteiger partial charge in [0.1, 0.15) is 0 Å². The largest absolute Gasteiger partial charge is 0.308 e. The molecule has 0 N–H and O–H groups in total. The van der Waals surface area contributed by atoms with Gasteiger partial charge in [-0.3, -0.25) is 0 Å². The van der Waals surface area contributed by atoms with Crippen LogP contribution in [0.5, 0.6) is 0 Å². The van der Waals surface area contributed by atoms with Crippen molar-refractivity contribution in [1.82, 2.24) is 14.5 Å². The number of para-hydroxylation sites is 1. The van der Waals surface area contributed by atoms with Gasteiger partial charge in [-0.25, -0.2) is 9.97 Å². The van der Waals surface area contributed by atoms with Crippen molar-refractivity contribution in [2.45, 2.75) is 6.42 Å². The van der Waals surface area contributed by atoms with E-state index >= 15 is 0 Å². The Kier molecular flexibility index (Phi) is 6.90. The van der Waals surface area contributed by atoms with Gasteiger partial charge in [-0.15, -0.1) is 11.3 Å². The van der Waals surface area contributed by atoms with Crippen LogP contribution in [0.4, 0.5) is 0 Å². The summed E-state index contributed by atoms with van der Waals surface area (Å²) in [7, 11) is 0. The molecule has 8 rings (SSSR count). The van der Waals surface area contributed by atoms with Gasteiger partial charge < -0.3 is 4.57 Å². The van der Waals surface area contributed by atoms with Crippen molar-refractivity contribution in [2.75, 3.05) is 0 Å². The predicted molar refractivity (Wildman–Crippen MR) is 192 cm³/mol. The van der Waals surface area contributed by atoms with E-state index in [1.165, 1.54) is 26.0 Å². The van der Waals surface area contributed by atoms with Crippen molar-refractivity contribution in [3.8, 4) is 39.6 Å². The van der Waals surface area contributed by atoms with Gasteiger partial charge in [0.25, 0.3) is 0 Å². The van der Waals surface area contributed by atoms with Crippen LogP contribution < -0.4 is 0 Å². The van der Waals surface area contributed by atoms with Gasteiger partial charge in [0.15, 0.2) is 5.82 Å². The Hall–Kier alpha value is -5.58. The number of nitrogens with zero attached hydrogens (tertiary/aromatic N) is 3. The van der Waals surface area contributed by atoms with Gasteiger partial charge in [-0.1, -0.05) is 116 Å². The summed E-state index contributed by atoms with van der Waals surface area (Å²) >= 11 is 1.82. The number of rotatable bonds is 4. The van der Waals surface area contributed by atoms with Crippen LogP contribution in [0.2, 0.25) is 0 Å². The van der Waals surface area contributed by atoms with Crippen LogP contribution in [0.15, 0.2) is 152 Å². The molecule has 0 amide bonds. The summed E-state index contributed by atoms with van der Waals surface area (Å²) in [6.07, 6.45) is 13.8. The third-order valence-electron chi connectivity index (χ3n) is 8.16. The van der Waals surface area contributed by atoms with Crippen LogP contribution in [0.25, 0.3) is 72.4 Å². The highest BCUT2D eigenvalue weighted by atomic mass is 32.1. The Morgan fingerprint density at radius 3 is 2.00 bits per heavy atom. The molecule has 0 spiro atoms. The average molecular weight is 596 g/mol. The fourth-order valence-electron chi connectivity index (χ4n) is 6.04. The van der Waals surface area contributed by atoms with E-state index in [0.29, 0.717) is 5.82 Å². The van der Waals surface area contributed by atoms with E-state index in [-0.39, 0.29) is 0 Å². The number of benzene rings is 4. The van der Waals surface area contributed by atoms with E-state index in [1.807, 2.05) is 23.5 Å². The van der Waals surface area contributed by atoms with E-state index in [2.05, 4.69) is 151 Å². The van der Waals surface area contributed by atoms with E-state index in [4.69, 9.17) is 9.97 Å². The zero-order chi connectivity index (χ0) is 30.2. The summed E-state index contributed by atoms with van der Waals surface area (Å²) in [4.78, 5) is 11.5. The highest BCUT2D eigenvalue weighted by Crippen LogP contribution is 2.45. The van der Waals surface area contributed by atoms with Crippen LogP contribution in [0.1, 0.15) is 16.9 Å². The highest BCUT2D eigenvalue weighted by Gasteiger charge is 2.23. The molecule has 0 radical (unpaired) electrons. The SMILES string of the molecule is C=C1/C=C\C=C/C/C=C\c2sc3c4cc(-c5nc(-c6ccccc6)cc(-c6ccccc6)n5)ccc4n(-c4ccccc4)c3c21. The third kappa shape index (κ3) is 4.95. The van der Waals surface area contributed by atoms with Gasteiger partial charge >= 0.3 is 0 Å². The molecule has 0 bridgehead atoms. The minimum Gasteiger partial charge on any atom is -0.308 e. The minimum atomic E-state index is 0.707. The van der Waals surface area contributed by atoms with Gasteiger partial charge in [0.05, 0.1) is 27.1 Å². The van der Waals surface area contributed by atoms with Crippen LogP contribution in [-0.2, 0) is 0 Å². The van der Waals surface area contributed by atoms with Crippen LogP contribution >= 0.6 is 11.3 Å². The van der Waals surface area contributed by atoms with Gasteiger partial charge in [0.2, 0.25) is 0 Å². The maximum Gasteiger partial charge on any atom is 0.160 e. The van der Waals surface area contributed by atoms with Crippen molar-refractivity contribution in [2.24, 2.45) is 0 Å². The Morgan fingerprint density at radius 1 is 0.644 bits per heavy atom. The van der Waals surface area contributed by atoms with E-state index in [1.54, 1.807) is 0 Å².